The number of hydrogen-bond donors (Lipinski definition) is 1. The number of ether oxygens (including phenoxy) is 1. The van der Waals surface area contributed by atoms with Crippen molar-refractivity contribution in [2.75, 3.05) is 12.4 Å². The summed E-state index contributed by atoms with van der Waals surface area (Å²) in [5, 5.41) is 24.2. The van der Waals surface area contributed by atoms with Gasteiger partial charge in [0.1, 0.15) is 5.75 Å². The standard InChI is InChI=1S/C15H12N2O6/c1-23-13-7-6-9(17(21)22)8-11(13)14(18)16-12-5-3-2-4-10(12)15(19)20/h2-8H,1H3,(H,16,18)(H,19,20)/p-1. The highest BCUT2D eigenvalue weighted by molar-refractivity contribution is 6.09. The number of nitro benzene ring substituents is 1. The highest BCUT2D eigenvalue weighted by Gasteiger charge is 2.18. The number of amides is 1. The molecule has 0 aliphatic rings. The minimum Gasteiger partial charge on any atom is -0.545 e. The second-order valence-electron chi connectivity index (χ2n) is 4.43. The molecule has 0 saturated carbocycles. The van der Waals surface area contributed by atoms with Gasteiger partial charge in [0, 0.05) is 17.7 Å². The van der Waals surface area contributed by atoms with E-state index in [9.17, 15) is 24.8 Å². The fraction of sp³-hybridized carbons (Fsp3) is 0.0667. The zero-order chi connectivity index (χ0) is 17.0. The van der Waals surface area contributed by atoms with E-state index in [1.54, 1.807) is 0 Å². The van der Waals surface area contributed by atoms with Gasteiger partial charge in [-0.1, -0.05) is 18.2 Å². The Labute approximate surface area is 130 Å². The first kappa shape index (κ1) is 16.0. The number of non-ortho nitro benzene ring substituents is 1. The van der Waals surface area contributed by atoms with Gasteiger partial charge in [-0.05, 0) is 12.1 Å². The van der Waals surface area contributed by atoms with E-state index in [2.05, 4.69) is 5.32 Å². The van der Waals surface area contributed by atoms with Crippen molar-refractivity contribution in [3.63, 3.8) is 0 Å². The number of carbonyl (C=O) groups is 2. The van der Waals surface area contributed by atoms with E-state index in [0.29, 0.717) is 0 Å². The molecular weight excluding hydrogens is 304 g/mol. The fourth-order valence-corrected chi connectivity index (χ4v) is 1.95. The highest BCUT2D eigenvalue weighted by atomic mass is 16.6. The number of carboxylic acids is 1. The number of rotatable bonds is 5. The minimum atomic E-state index is -1.45. The summed E-state index contributed by atoms with van der Waals surface area (Å²) >= 11 is 0. The van der Waals surface area contributed by atoms with Gasteiger partial charge in [0.15, 0.2) is 0 Å². The minimum absolute atomic E-state index is 0.0195. The number of carboxylic acid groups (broad SMARTS) is 1. The summed E-state index contributed by atoms with van der Waals surface area (Å²) in [7, 11) is 1.31. The number of para-hydroxylation sites is 1. The molecule has 2 rings (SSSR count). The molecule has 8 heteroatoms. The first-order valence-corrected chi connectivity index (χ1v) is 6.38. The third kappa shape index (κ3) is 3.43. The number of nitrogens with zero attached hydrogens (tertiary/aromatic N) is 1. The maximum Gasteiger partial charge on any atom is 0.270 e. The molecule has 0 aliphatic carbocycles. The molecule has 0 radical (unpaired) electrons. The van der Waals surface area contributed by atoms with Gasteiger partial charge in [0.25, 0.3) is 11.6 Å². The van der Waals surface area contributed by atoms with Crippen LogP contribution in [0.15, 0.2) is 42.5 Å². The Morgan fingerprint density at radius 1 is 1.13 bits per heavy atom. The van der Waals surface area contributed by atoms with E-state index in [1.165, 1.54) is 43.5 Å². The second-order valence-corrected chi connectivity index (χ2v) is 4.43. The number of nitro groups is 1. The van der Waals surface area contributed by atoms with Crippen LogP contribution in [-0.4, -0.2) is 23.9 Å². The quantitative estimate of drug-likeness (QED) is 0.654. The molecule has 1 amide bonds. The monoisotopic (exact) mass is 315 g/mol. The van der Waals surface area contributed by atoms with Gasteiger partial charge in [-0.25, -0.2) is 0 Å². The van der Waals surface area contributed by atoms with E-state index in [0.717, 1.165) is 6.07 Å². The molecule has 0 unspecified atom stereocenters. The van der Waals surface area contributed by atoms with Crippen molar-refractivity contribution in [2.24, 2.45) is 0 Å². The summed E-state index contributed by atoms with van der Waals surface area (Å²) in [5.41, 5.74) is -0.560. The van der Waals surface area contributed by atoms with Crippen LogP contribution >= 0.6 is 0 Å². The smallest absolute Gasteiger partial charge is 0.270 e. The zero-order valence-electron chi connectivity index (χ0n) is 11.9. The molecule has 0 fully saturated rings. The summed E-state index contributed by atoms with van der Waals surface area (Å²) in [6.07, 6.45) is 0. The van der Waals surface area contributed by atoms with Crippen LogP contribution in [0.5, 0.6) is 5.75 Å². The number of carbonyl (C=O) groups excluding carboxylic acids is 2. The van der Waals surface area contributed by atoms with Gasteiger partial charge in [-0.15, -0.1) is 0 Å². The Bertz CT molecular complexity index is 787. The Balaban J connectivity index is 2.40. The SMILES string of the molecule is COc1ccc([N+](=O)[O-])cc1C(=O)Nc1ccccc1C(=O)[O-]. The maximum absolute atomic E-state index is 12.3. The summed E-state index contributed by atoms with van der Waals surface area (Å²) < 4.78 is 5.00. The lowest BCUT2D eigenvalue weighted by molar-refractivity contribution is -0.384. The summed E-state index contributed by atoms with van der Waals surface area (Å²) in [6.45, 7) is 0. The first-order chi connectivity index (χ1) is 10.9. The van der Waals surface area contributed by atoms with Crippen molar-refractivity contribution in [3.8, 4) is 5.75 Å². The number of methoxy groups -OCH3 is 1. The van der Waals surface area contributed by atoms with Crippen LogP contribution in [0.4, 0.5) is 11.4 Å². The topological polar surface area (TPSA) is 122 Å². The highest BCUT2D eigenvalue weighted by Crippen LogP contribution is 2.25. The number of hydrogen-bond acceptors (Lipinski definition) is 6. The van der Waals surface area contributed by atoms with Gasteiger partial charge in [0.05, 0.1) is 29.3 Å². The lowest BCUT2D eigenvalue weighted by Crippen LogP contribution is -2.25. The molecule has 0 atom stereocenters. The van der Waals surface area contributed by atoms with Crippen LogP contribution in [-0.2, 0) is 0 Å². The summed E-state index contributed by atoms with van der Waals surface area (Å²) in [6, 6.07) is 9.21. The third-order valence-corrected chi connectivity index (χ3v) is 3.03. The van der Waals surface area contributed by atoms with Crippen LogP contribution in [0.1, 0.15) is 20.7 Å². The van der Waals surface area contributed by atoms with Crippen molar-refractivity contribution < 1.29 is 24.4 Å². The molecule has 2 aromatic carbocycles. The fourth-order valence-electron chi connectivity index (χ4n) is 1.95. The molecule has 0 saturated heterocycles. The predicted octanol–water partition coefficient (Wildman–Crippen LogP) is 1.22. The second kappa shape index (κ2) is 6.56. The van der Waals surface area contributed by atoms with Crippen molar-refractivity contribution in [1.29, 1.82) is 0 Å². The molecule has 2 aromatic rings. The molecular formula is C15H11N2O6-. The van der Waals surface area contributed by atoms with Gasteiger partial charge >= 0.3 is 0 Å². The van der Waals surface area contributed by atoms with Crippen LogP contribution in [0.2, 0.25) is 0 Å². The number of benzene rings is 2. The van der Waals surface area contributed by atoms with E-state index >= 15 is 0 Å². The Hall–Kier alpha value is -3.42. The van der Waals surface area contributed by atoms with Crippen LogP contribution in [0.25, 0.3) is 0 Å². The van der Waals surface area contributed by atoms with Crippen LogP contribution < -0.4 is 15.2 Å². The summed E-state index contributed by atoms with van der Waals surface area (Å²) in [5.74, 6) is -2.06. The number of aromatic carboxylic acids is 1. The Kier molecular flexibility index (Phi) is 4.55. The summed E-state index contributed by atoms with van der Waals surface area (Å²) in [4.78, 5) is 33.5. The molecule has 0 heterocycles. The van der Waals surface area contributed by atoms with Gasteiger partial charge in [-0.3, -0.25) is 14.9 Å². The van der Waals surface area contributed by atoms with E-state index < -0.39 is 16.8 Å². The molecule has 0 bridgehead atoms. The molecule has 1 N–H and O–H groups in total. The van der Waals surface area contributed by atoms with Crippen molar-refractivity contribution >= 4 is 23.3 Å². The Morgan fingerprint density at radius 2 is 1.83 bits per heavy atom. The predicted molar refractivity (Wildman–Crippen MR) is 78.4 cm³/mol. The first-order valence-electron chi connectivity index (χ1n) is 6.38. The van der Waals surface area contributed by atoms with Crippen molar-refractivity contribution in [1.82, 2.24) is 0 Å². The molecule has 0 aromatic heterocycles. The number of nitrogens with one attached hydrogen (secondary N) is 1. The lowest BCUT2D eigenvalue weighted by atomic mass is 10.1. The molecule has 23 heavy (non-hydrogen) atoms. The Morgan fingerprint density at radius 3 is 2.43 bits per heavy atom. The van der Waals surface area contributed by atoms with Crippen molar-refractivity contribution in [2.45, 2.75) is 0 Å². The van der Waals surface area contributed by atoms with Gasteiger partial charge in [0.2, 0.25) is 0 Å². The van der Waals surface area contributed by atoms with E-state index in [4.69, 9.17) is 4.74 Å². The average molecular weight is 315 g/mol. The van der Waals surface area contributed by atoms with Gasteiger partial charge in [-0.2, -0.15) is 0 Å². The van der Waals surface area contributed by atoms with Crippen LogP contribution in [0.3, 0.4) is 0 Å². The van der Waals surface area contributed by atoms with Crippen LogP contribution in [0, 0.1) is 10.1 Å². The van der Waals surface area contributed by atoms with Gasteiger partial charge < -0.3 is 20.0 Å². The van der Waals surface area contributed by atoms with E-state index in [1.807, 2.05) is 0 Å². The van der Waals surface area contributed by atoms with Crippen molar-refractivity contribution in [3.05, 3.63) is 63.7 Å². The average Bonchev–Trinajstić information content (AvgIpc) is 2.54. The zero-order valence-corrected chi connectivity index (χ0v) is 11.9. The molecule has 0 aliphatic heterocycles. The lowest BCUT2D eigenvalue weighted by Gasteiger charge is -2.13. The van der Waals surface area contributed by atoms with E-state index in [-0.39, 0.29) is 28.3 Å². The molecule has 8 nitrogen and oxygen atoms in total. The number of anilines is 1. The largest absolute Gasteiger partial charge is 0.545 e. The molecule has 0 spiro atoms. The molecule has 118 valence electrons. The maximum atomic E-state index is 12.3. The normalized spacial score (nSPS) is 9.96. The third-order valence-electron chi connectivity index (χ3n) is 3.03.